The monoisotopic (exact) mass is 333 g/mol. The molecule has 2 aromatic carbocycles. The number of amides is 1. The molecule has 0 radical (unpaired) electrons. The van der Waals surface area contributed by atoms with Gasteiger partial charge in [0, 0.05) is 17.1 Å². The van der Waals surface area contributed by atoms with Crippen molar-refractivity contribution in [2.24, 2.45) is 0 Å². The third-order valence-electron chi connectivity index (χ3n) is 3.52. The molecule has 23 heavy (non-hydrogen) atoms. The van der Waals surface area contributed by atoms with Crippen LogP contribution in [-0.4, -0.2) is 19.8 Å². The Labute approximate surface area is 139 Å². The Morgan fingerprint density at radius 1 is 1.22 bits per heavy atom. The van der Waals surface area contributed by atoms with E-state index < -0.39 is 0 Å². The summed E-state index contributed by atoms with van der Waals surface area (Å²) in [5, 5.41) is 3.45. The van der Waals surface area contributed by atoms with Crippen LogP contribution in [0.25, 0.3) is 0 Å². The summed E-state index contributed by atoms with van der Waals surface area (Å²) >= 11 is 5.97. The number of rotatable bonds is 5. The van der Waals surface area contributed by atoms with Crippen molar-refractivity contribution in [2.75, 3.05) is 13.9 Å². The van der Waals surface area contributed by atoms with Crippen LogP contribution < -0.4 is 19.5 Å². The molecule has 1 aliphatic rings. The van der Waals surface area contributed by atoms with Gasteiger partial charge >= 0.3 is 0 Å². The summed E-state index contributed by atoms with van der Waals surface area (Å²) in [5.41, 5.74) is 1.70. The van der Waals surface area contributed by atoms with E-state index in [-0.39, 0.29) is 19.1 Å². The third kappa shape index (κ3) is 3.68. The van der Waals surface area contributed by atoms with Crippen LogP contribution in [0.1, 0.15) is 11.1 Å². The van der Waals surface area contributed by atoms with Crippen LogP contribution in [0.15, 0.2) is 36.4 Å². The third-order valence-corrected chi connectivity index (χ3v) is 3.76. The highest BCUT2D eigenvalue weighted by molar-refractivity contribution is 6.30. The van der Waals surface area contributed by atoms with E-state index in [2.05, 4.69) is 5.32 Å². The number of carbonyl (C=O) groups excluding carboxylic acids is 1. The molecule has 0 bridgehead atoms. The smallest absolute Gasteiger partial charge is 0.231 e. The van der Waals surface area contributed by atoms with Crippen molar-refractivity contribution in [3.63, 3.8) is 0 Å². The van der Waals surface area contributed by atoms with E-state index in [9.17, 15) is 4.79 Å². The highest BCUT2D eigenvalue weighted by Crippen LogP contribution is 2.32. The molecule has 6 heteroatoms. The van der Waals surface area contributed by atoms with Crippen molar-refractivity contribution in [1.82, 2.24) is 5.32 Å². The first kappa shape index (κ1) is 15.5. The van der Waals surface area contributed by atoms with Crippen molar-refractivity contribution in [1.29, 1.82) is 0 Å². The van der Waals surface area contributed by atoms with Gasteiger partial charge in [0.2, 0.25) is 12.7 Å². The second kappa shape index (κ2) is 6.79. The fourth-order valence-corrected chi connectivity index (χ4v) is 2.57. The summed E-state index contributed by atoms with van der Waals surface area (Å²) in [7, 11) is 1.57. The molecule has 0 aliphatic carbocycles. The summed E-state index contributed by atoms with van der Waals surface area (Å²) in [6.07, 6.45) is 0.203. The minimum atomic E-state index is -0.108. The lowest BCUT2D eigenvalue weighted by molar-refractivity contribution is -0.120. The van der Waals surface area contributed by atoms with Crippen LogP contribution in [0, 0.1) is 0 Å². The van der Waals surface area contributed by atoms with E-state index >= 15 is 0 Å². The fourth-order valence-electron chi connectivity index (χ4n) is 2.37. The van der Waals surface area contributed by atoms with E-state index in [1.54, 1.807) is 25.3 Å². The van der Waals surface area contributed by atoms with Crippen molar-refractivity contribution in [2.45, 2.75) is 13.0 Å². The van der Waals surface area contributed by atoms with Gasteiger partial charge in [-0.05, 0) is 35.9 Å². The average molecular weight is 334 g/mol. The van der Waals surface area contributed by atoms with Gasteiger partial charge in [0.05, 0.1) is 13.5 Å². The molecular formula is C17H16ClNO4. The maximum absolute atomic E-state index is 12.1. The molecule has 1 heterocycles. The SMILES string of the molecule is COc1ccc(Cl)cc1CC(=O)NCc1ccc2c(c1)OCO2. The fraction of sp³-hybridized carbons (Fsp3) is 0.235. The predicted molar refractivity (Wildman–Crippen MR) is 86.1 cm³/mol. The van der Waals surface area contributed by atoms with Crippen LogP contribution in [0.3, 0.4) is 0 Å². The lowest BCUT2D eigenvalue weighted by atomic mass is 10.1. The van der Waals surface area contributed by atoms with Gasteiger partial charge in [0.25, 0.3) is 0 Å². The lowest BCUT2D eigenvalue weighted by Gasteiger charge is -2.10. The first-order valence-corrected chi connectivity index (χ1v) is 7.51. The number of methoxy groups -OCH3 is 1. The zero-order chi connectivity index (χ0) is 16.2. The summed E-state index contributed by atoms with van der Waals surface area (Å²) in [4.78, 5) is 12.1. The van der Waals surface area contributed by atoms with Gasteiger partial charge < -0.3 is 19.5 Å². The van der Waals surface area contributed by atoms with Gasteiger partial charge in [-0.1, -0.05) is 17.7 Å². The Morgan fingerprint density at radius 3 is 2.87 bits per heavy atom. The topological polar surface area (TPSA) is 56.8 Å². The van der Waals surface area contributed by atoms with E-state index in [4.69, 9.17) is 25.8 Å². The maximum Gasteiger partial charge on any atom is 0.231 e. The number of halogens is 1. The van der Waals surface area contributed by atoms with Gasteiger partial charge in [-0.2, -0.15) is 0 Å². The predicted octanol–water partition coefficient (Wildman–Crippen LogP) is 2.94. The summed E-state index contributed by atoms with van der Waals surface area (Å²) < 4.78 is 15.8. The average Bonchev–Trinajstić information content (AvgIpc) is 3.01. The number of nitrogens with one attached hydrogen (secondary N) is 1. The Bertz CT molecular complexity index is 733. The maximum atomic E-state index is 12.1. The van der Waals surface area contributed by atoms with Gasteiger partial charge in [-0.15, -0.1) is 0 Å². The molecule has 1 N–H and O–H groups in total. The molecule has 0 fully saturated rings. The minimum Gasteiger partial charge on any atom is -0.496 e. The molecule has 5 nitrogen and oxygen atoms in total. The molecule has 0 saturated carbocycles. The number of ether oxygens (including phenoxy) is 3. The molecular weight excluding hydrogens is 318 g/mol. The zero-order valence-electron chi connectivity index (χ0n) is 12.6. The Balaban J connectivity index is 1.61. The van der Waals surface area contributed by atoms with Gasteiger partial charge in [0.15, 0.2) is 11.5 Å². The molecule has 3 rings (SSSR count). The number of fused-ring (bicyclic) bond motifs is 1. The molecule has 1 aliphatic heterocycles. The first-order chi connectivity index (χ1) is 11.2. The minimum absolute atomic E-state index is 0.108. The number of hydrogen-bond donors (Lipinski definition) is 1. The van der Waals surface area contributed by atoms with E-state index in [0.717, 1.165) is 16.9 Å². The van der Waals surface area contributed by atoms with Gasteiger partial charge in [-0.25, -0.2) is 0 Å². The first-order valence-electron chi connectivity index (χ1n) is 7.13. The highest BCUT2D eigenvalue weighted by atomic mass is 35.5. The quantitative estimate of drug-likeness (QED) is 0.914. The Morgan fingerprint density at radius 2 is 2.04 bits per heavy atom. The summed E-state index contributed by atoms with van der Waals surface area (Å²) in [6, 6.07) is 10.8. The number of benzene rings is 2. The van der Waals surface area contributed by atoms with E-state index in [0.29, 0.717) is 23.1 Å². The number of carbonyl (C=O) groups is 1. The molecule has 0 atom stereocenters. The van der Waals surface area contributed by atoms with E-state index in [1.807, 2.05) is 18.2 Å². The Hall–Kier alpha value is -2.40. The molecule has 2 aromatic rings. The van der Waals surface area contributed by atoms with Crippen molar-refractivity contribution < 1.29 is 19.0 Å². The van der Waals surface area contributed by atoms with Crippen LogP contribution >= 0.6 is 11.6 Å². The van der Waals surface area contributed by atoms with Crippen LogP contribution in [0.2, 0.25) is 5.02 Å². The van der Waals surface area contributed by atoms with Crippen LogP contribution in [0.4, 0.5) is 0 Å². The molecule has 1 amide bonds. The van der Waals surface area contributed by atoms with Crippen LogP contribution in [-0.2, 0) is 17.8 Å². The van der Waals surface area contributed by atoms with Crippen molar-refractivity contribution in [3.8, 4) is 17.2 Å². The largest absolute Gasteiger partial charge is 0.496 e. The number of hydrogen-bond acceptors (Lipinski definition) is 4. The van der Waals surface area contributed by atoms with Crippen molar-refractivity contribution >= 4 is 17.5 Å². The lowest BCUT2D eigenvalue weighted by Crippen LogP contribution is -2.24. The molecule has 0 spiro atoms. The molecule has 0 unspecified atom stereocenters. The van der Waals surface area contributed by atoms with Crippen LogP contribution in [0.5, 0.6) is 17.2 Å². The molecule has 0 aromatic heterocycles. The van der Waals surface area contributed by atoms with Gasteiger partial charge in [-0.3, -0.25) is 4.79 Å². The molecule has 120 valence electrons. The Kier molecular flexibility index (Phi) is 4.57. The second-order valence-electron chi connectivity index (χ2n) is 5.10. The molecule has 0 saturated heterocycles. The highest BCUT2D eigenvalue weighted by Gasteiger charge is 2.14. The zero-order valence-corrected chi connectivity index (χ0v) is 13.4. The summed E-state index contributed by atoms with van der Waals surface area (Å²) in [5.74, 6) is 1.97. The second-order valence-corrected chi connectivity index (χ2v) is 5.53. The van der Waals surface area contributed by atoms with E-state index in [1.165, 1.54) is 0 Å². The summed E-state index contributed by atoms with van der Waals surface area (Å²) in [6.45, 7) is 0.651. The van der Waals surface area contributed by atoms with Crippen molar-refractivity contribution in [3.05, 3.63) is 52.5 Å². The normalized spacial score (nSPS) is 12.1. The standard InChI is InChI=1S/C17H16ClNO4/c1-21-14-5-3-13(18)7-12(14)8-17(20)19-9-11-2-4-15-16(6-11)23-10-22-15/h2-7H,8-10H2,1H3,(H,19,20). The van der Waals surface area contributed by atoms with Gasteiger partial charge in [0.1, 0.15) is 5.75 Å².